The van der Waals surface area contributed by atoms with Crippen LogP contribution in [-0.4, -0.2) is 42.0 Å². The fourth-order valence-electron chi connectivity index (χ4n) is 3.16. The van der Waals surface area contributed by atoms with Crippen molar-refractivity contribution in [2.75, 3.05) is 23.7 Å². The van der Waals surface area contributed by atoms with Crippen molar-refractivity contribution in [3.05, 3.63) is 18.1 Å². The summed E-state index contributed by atoms with van der Waals surface area (Å²) in [5.41, 5.74) is 0. The van der Waals surface area contributed by atoms with Crippen LogP contribution in [0.4, 0.5) is 5.82 Å². The van der Waals surface area contributed by atoms with Crippen molar-refractivity contribution in [2.24, 2.45) is 0 Å². The molecule has 1 saturated carbocycles. The number of anilines is 1. The number of nitrogens with zero attached hydrogens (tertiary/aromatic N) is 3. The first kappa shape index (κ1) is 14.8. The Hall–Kier alpha value is -1.17. The SMILES string of the molecule is CCC1(CC)CN(c2ccnc(C3CC3)n2)CCS1(=O)=O. The summed E-state index contributed by atoms with van der Waals surface area (Å²) in [6.45, 7) is 5.02. The summed E-state index contributed by atoms with van der Waals surface area (Å²) in [5, 5.41) is 0. The normalized spacial score (nSPS) is 24.0. The summed E-state index contributed by atoms with van der Waals surface area (Å²) >= 11 is 0. The van der Waals surface area contributed by atoms with Crippen LogP contribution >= 0.6 is 0 Å². The molecule has 0 N–H and O–H groups in total. The van der Waals surface area contributed by atoms with Crippen molar-refractivity contribution in [3.8, 4) is 0 Å². The molecule has 0 amide bonds. The third-order valence-electron chi connectivity index (χ3n) is 4.98. The lowest BCUT2D eigenvalue weighted by Crippen LogP contribution is -2.56. The van der Waals surface area contributed by atoms with Crippen LogP contribution in [0.5, 0.6) is 0 Å². The molecule has 0 bridgehead atoms. The van der Waals surface area contributed by atoms with Crippen LogP contribution in [0.3, 0.4) is 0 Å². The van der Waals surface area contributed by atoms with E-state index >= 15 is 0 Å². The van der Waals surface area contributed by atoms with Gasteiger partial charge in [0.25, 0.3) is 0 Å². The Kier molecular flexibility index (Phi) is 3.67. The van der Waals surface area contributed by atoms with Crippen molar-refractivity contribution in [1.29, 1.82) is 0 Å². The summed E-state index contributed by atoms with van der Waals surface area (Å²) in [5.74, 6) is 2.53. The van der Waals surface area contributed by atoms with Crippen molar-refractivity contribution in [1.82, 2.24) is 9.97 Å². The zero-order chi connectivity index (χ0) is 15.1. The molecule has 1 aromatic rings. The highest BCUT2D eigenvalue weighted by molar-refractivity contribution is 7.92. The first-order valence-electron chi connectivity index (χ1n) is 7.81. The standard InChI is InChI=1S/C15H23N3O2S/c1-3-15(4-2)11-18(9-10-21(15,19)20)13-7-8-16-14(17-13)12-5-6-12/h7-8,12H,3-6,9-11H2,1-2H3. The van der Waals surface area contributed by atoms with Crippen LogP contribution in [0.25, 0.3) is 0 Å². The van der Waals surface area contributed by atoms with Crippen molar-refractivity contribution >= 4 is 15.7 Å². The van der Waals surface area contributed by atoms with Gasteiger partial charge in [0.05, 0.1) is 10.5 Å². The number of rotatable bonds is 4. The molecule has 0 atom stereocenters. The van der Waals surface area contributed by atoms with E-state index in [1.165, 1.54) is 12.8 Å². The Labute approximate surface area is 126 Å². The summed E-state index contributed by atoms with van der Waals surface area (Å²) < 4.78 is 24.3. The quantitative estimate of drug-likeness (QED) is 0.853. The molecule has 0 unspecified atom stereocenters. The summed E-state index contributed by atoms with van der Waals surface area (Å²) in [6, 6.07) is 1.90. The van der Waals surface area contributed by atoms with Crippen LogP contribution in [-0.2, 0) is 9.84 Å². The van der Waals surface area contributed by atoms with Gasteiger partial charge < -0.3 is 4.90 Å². The molecule has 5 nitrogen and oxygen atoms in total. The topological polar surface area (TPSA) is 63.2 Å². The largest absolute Gasteiger partial charge is 0.354 e. The van der Waals surface area contributed by atoms with Crippen molar-refractivity contribution in [3.63, 3.8) is 0 Å². The summed E-state index contributed by atoms with van der Waals surface area (Å²) in [4.78, 5) is 11.1. The maximum Gasteiger partial charge on any atom is 0.159 e. The molecule has 0 spiro atoms. The molecule has 21 heavy (non-hydrogen) atoms. The van der Waals surface area contributed by atoms with E-state index < -0.39 is 14.6 Å². The van der Waals surface area contributed by atoms with E-state index in [4.69, 9.17) is 0 Å². The Morgan fingerprint density at radius 1 is 1.33 bits per heavy atom. The third kappa shape index (κ3) is 2.54. The Bertz CT molecular complexity index is 622. The number of hydrogen-bond acceptors (Lipinski definition) is 5. The highest BCUT2D eigenvalue weighted by Crippen LogP contribution is 2.39. The molecule has 1 saturated heterocycles. The minimum absolute atomic E-state index is 0.220. The zero-order valence-corrected chi connectivity index (χ0v) is 13.6. The molecule has 0 aromatic carbocycles. The maximum absolute atomic E-state index is 12.5. The fraction of sp³-hybridized carbons (Fsp3) is 0.733. The molecule has 0 radical (unpaired) electrons. The van der Waals surface area contributed by atoms with Crippen molar-refractivity contribution in [2.45, 2.75) is 50.2 Å². The molecule has 6 heteroatoms. The van der Waals surface area contributed by atoms with Gasteiger partial charge in [-0.25, -0.2) is 18.4 Å². The molecule has 3 rings (SSSR count). The predicted molar refractivity (Wildman–Crippen MR) is 83.3 cm³/mol. The van der Waals surface area contributed by atoms with Gasteiger partial charge in [0.15, 0.2) is 9.84 Å². The molecule has 1 aliphatic carbocycles. The second-order valence-corrected chi connectivity index (χ2v) is 8.68. The second-order valence-electron chi connectivity index (χ2n) is 6.18. The number of sulfone groups is 1. The second kappa shape index (κ2) is 5.23. The molecule has 1 aliphatic heterocycles. The Morgan fingerprint density at radius 3 is 2.67 bits per heavy atom. The van der Waals surface area contributed by atoms with Crippen LogP contribution in [0, 0.1) is 0 Å². The molecular weight excluding hydrogens is 286 g/mol. The number of aromatic nitrogens is 2. The van der Waals surface area contributed by atoms with Gasteiger partial charge in [0.1, 0.15) is 11.6 Å². The lowest BCUT2D eigenvalue weighted by molar-refractivity contribution is 0.457. The van der Waals surface area contributed by atoms with Gasteiger partial charge in [-0.3, -0.25) is 0 Å². The molecule has 2 heterocycles. The lowest BCUT2D eigenvalue weighted by Gasteiger charge is -2.41. The lowest BCUT2D eigenvalue weighted by atomic mass is 10.0. The van der Waals surface area contributed by atoms with Crippen LogP contribution in [0.2, 0.25) is 0 Å². The van der Waals surface area contributed by atoms with Gasteiger partial charge in [0, 0.05) is 25.2 Å². The van der Waals surface area contributed by atoms with Crippen LogP contribution in [0.15, 0.2) is 12.3 Å². The average molecular weight is 309 g/mol. The van der Waals surface area contributed by atoms with Crippen molar-refractivity contribution < 1.29 is 8.42 Å². The summed E-state index contributed by atoms with van der Waals surface area (Å²) in [6.07, 6.45) is 5.46. The number of hydrogen-bond donors (Lipinski definition) is 0. The zero-order valence-electron chi connectivity index (χ0n) is 12.7. The van der Waals surface area contributed by atoms with E-state index in [-0.39, 0.29) is 5.75 Å². The first-order valence-corrected chi connectivity index (χ1v) is 9.47. The minimum atomic E-state index is -3.03. The van der Waals surface area contributed by atoms with E-state index in [1.807, 2.05) is 19.9 Å². The molecule has 2 fully saturated rings. The van der Waals surface area contributed by atoms with E-state index in [9.17, 15) is 8.42 Å². The van der Waals surface area contributed by atoms with E-state index in [0.29, 0.717) is 31.8 Å². The first-order chi connectivity index (χ1) is 10.0. The minimum Gasteiger partial charge on any atom is -0.354 e. The van der Waals surface area contributed by atoms with Crippen LogP contribution < -0.4 is 4.90 Å². The van der Waals surface area contributed by atoms with Gasteiger partial charge >= 0.3 is 0 Å². The van der Waals surface area contributed by atoms with E-state index in [1.54, 1.807) is 6.20 Å². The van der Waals surface area contributed by atoms with Crippen LogP contribution in [0.1, 0.15) is 51.3 Å². The van der Waals surface area contributed by atoms with Gasteiger partial charge in [-0.15, -0.1) is 0 Å². The average Bonchev–Trinajstić information content (AvgIpc) is 3.32. The monoisotopic (exact) mass is 309 g/mol. The Morgan fingerprint density at radius 2 is 2.05 bits per heavy atom. The molecule has 2 aliphatic rings. The van der Waals surface area contributed by atoms with E-state index in [2.05, 4.69) is 14.9 Å². The highest BCUT2D eigenvalue weighted by atomic mass is 32.2. The summed E-state index contributed by atoms with van der Waals surface area (Å²) in [7, 11) is -3.03. The smallest absolute Gasteiger partial charge is 0.159 e. The van der Waals surface area contributed by atoms with Gasteiger partial charge in [-0.1, -0.05) is 13.8 Å². The van der Waals surface area contributed by atoms with E-state index in [0.717, 1.165) is 11.6 Å². The van der Waals surface area contributed by atoms with Gasteiger partial charge in [-0.2, -0.15) is 0 Å². The van der Waals surface area contributed by atoms with Gasteiger partial charge in [-0.05, 0) is 31.7 Å². The Balaban J connectivity index is 1.88. The predicted octanol–water partition coefficient (Wildman–Crippen LogP) is 2.15. The molecule has 116 valence electrons. The van der Waals surface area contributed by atoms with Gasteiger partial charge in [0.2, 0.25) is 0 Å². The fourth-order valence-corrected chi connectivity index (χ4v) is 5.29. The molecular formula is C15H23N3O2S. The third-order valence-corrected chi connectivity index (χ3v) is 7.73. The maximum atomic E-state index is 12.5. The highest BCUT2D eigenvalue weighted by Gasteiger charge is 2.45. The molecule has 1 aromatic heterocycles.